The molecule has 1 saturated heterocycles. The molecule has 1 aliphatic heterocycles. The Labute approximate surface area is 117 Å². The summed E-state index contributed by atoms with van der Waals surface area (Å²) in [4.78, 5) is 14.9. The second kappa shape index (κ2) is 6.39. The number of nitrogens with zero attached hydrogens (tertiary/aromatic N) is 1. The van der Waals surface area contributed by atoms with Crippen LogP contribution < -0.4 is 0 Å². The normalized spacial score (nSPS) is 37.7. The number of piperidine rings is 1. The fourth-order valence-corrected chi connectivity index (χ4v) is 4.66. The number of hydrogen-bond donors (Lipinski definition) is 0. The van der Waals surface area contributed by atoms with Gasteiger partial charge in [0.2, 0.25) is 0 Å². The number of likely N-dealkylation sites (tertiary alicyclic amines) is 1. The number of Topliss-reactive ketones (excluding diaryl/α,β-unsaturated/α-hetero) is 1. The van der Waals surface area contributed by atoms with Crippen molar-refractivity contribution in [2.24, 2.45) is 11.8 Å². The van der Waals surface area contributed by atoms with Gasteiger partial charge >= 0.3 is 0 Å². The van der Waals surface area contributed by atoms with E-state index >= 15 is 0 Å². The van der Waals surface area contributed by atoms with Crippen LogP contribution in [0.15, 0.2) is 0 Å². The summed E-state index contributed by atoms with van der Waals surface area (Å²) in [5.41, 5.74) is 0. The van der Waals surface area contributed by atoms with E-state index in [0.717, 1.165) is 37.8 Å². The zero-order valence-corrected chi connectivity index (χ0v) is 12.3. The van der Waals surface area contributed by atoms with Crippen LogP contribution in [0.2, 0.25) is 0 Å². The lowest BCUT2D eigenvalue weighted by Gasteiger charge is -2.45. The van der Waals surface area contributed by atoms with Gasteiger partial charge < -0.3 is 0 Å². The van der Waals surface area contributed by atoms with E-state index < -0.39 is 0 Å². The van der Waals surface area contributed by atoms with Gasteiger partial charge in [0.05, 0.1) is 0 Å². The summed E-state index contributed by atoms with van der Waals surface area (Å²) in [7, 11) is 0. The van der Waals surface area contributed by atoms with Crippen LogP contribution in [0.25, 0.3) is 0 Å². The van der Waals surface area contributed by atoms with Crippen LogP contribution in [-0.4, -0.2) is 29.8 Å². The second-order valence-electron chi connectivity index (χ2n) is 7.01. The third-order valence-electron chi connectivity index (χ3n) is 5.74. The Morgan fingerprint density at radius 3 is 2.63 bits per heavy atom. The number of fused-ring (bicyclic) bond motifs is 1. The largest absolute Gasteiger partial charge is 0.299 e. The highest BCUT2D eigenvalue weighted by atomic mass is 16.1. The molecule has 19 heavy (non-hydrogen) atoms. The molecule has 2 aliphatic carbocycles. The monoisotopic (exact) mass is 263 g/mol. The Morgan fingerprint density at radius 1 is 0.895 bits per heavy atom. The van der Waals surface area contributed by atoms with E-state index in [9.17, 15) is 4.79 Å². The second-order valence-corrected chi connectivity index (χ2v) is 7.01. The molecule has 108 valence electrons. The third-order valence-corrected chi connectivity index (χ3v) is 5.74. The van der Waals surface area contributed by atoms with Crippen molar-refractivity contribution in [1.82, 2.24) is 4.90 Å². The average Bonchev–Trinajstić information content (AvgIpc) is 2.65. The van der Waals surface area contributed by atoms with Gasteiger partial charge in [-0.25, -0.2) is 0 Å². The van der Waals surface area contributed by atoms with Gasteiger partial charge in [0, 0.05) is 24.9 Å². The van der Waals surface area contributed by atoms with Crippen molar-refractivity contribution in [2.75, 3.05) is 13.1 Å². The summed E-state index contributed by atoms with van der Waals surface area (Å²) < 4.78 is 0. The van der Waals surface area contributed by atoms with Crippen molar-refractivity contribution >= 4 is 5.78 Å². The summed E-state index contributed by atoms with van der Waals surface area (Å²) in [6, 6.07) is 0.818. The Kier molecular flexibility index (Phi) is 4.57. The van der Waals surface area contributed by atoms with Crippen LogP contribution in [0, 0.1) is 11.8 Å². The summed E-state index contributed by atoms with van der Waals surface area (Å²) >= 11 is 0. The van der Waals surface area contributed by atoms with Gasteiger partial charge in [-0.15, -0.1) is 0 Å². The molecule has 1 heterocycles. The maximum Gasteiger partial charge on any atom is 0.137 e. The predicted molar refractivity (Wildman–Crippen MR) is 78.1 cm³/mol. The molecule has 0 aromatic heterocycles. The molecule has 0 aromatic carbocycles. The lowest BCUT2D eigenvalue weighted by molar-refractivity contribution is -0.124. The number of rotatable bonds is 2. The molecule has 2 heteroatoms. The van der Waals surface area contributed by atoms with E-state index in [1.807, 2.05) is 0 Å². The van der Waals surface area contributed by atoms with E-state index in [0.29, 0.717) is 11.7 Å². The first-order valence-corrected chi connectivity index (χ1v) is 8.61. The summed E-state index contributed by atoms with van der Waals surface area (Å²) in [5, 5.41) is 0. The van der Waals surface area contributed by atoms with Crippen molar-refractivity contribution < 1.29 is 4.79 Å². The maximum absolute atomic E-state index is 12.2. The minimum absolute atomic E-state index is 0.364. The highest BCUT2D eigenvalue weighted by Crippen LogP contribution is 2.36. The Morgan fingerprint density at radius 2 is 1.68 bits per heavy atom. The van der Waals surface area contributed by atoms with Gasteiger partial charge in [0.15, 0.2) is 0 Å². The highest BCUT2D eigenvalue weighted by Gasteiger charge is 2.35. The molecule has 3 fully saturated rings. The van der Waals surface area contributed by atoms with Crippen LogP contribution in [0.4, 0.5) is 0 Å². The van der Waals surface area contributed by atoms with Gasteiger partial charge in [0.1, 0.15) is 5.78 Å². The molecule has 2 saturated carbocycles. The Balaban J connectivity index is 1.62. The van der Waals surface area contributed by atoms with E-state index in [4.69, 9.17) is 0 Å². The third kappa shape index (κ3) is 3.21. The Bertz CT molecular complexity index is 312. The minimum Gasteiger partial charge on any atom is -0.299 e. The van der Waals surface area contributed by atoms with Crippen LogP contribution in [0.1, 0.15) is 70.6 Å². The number of carbonyl (C=O) groups is 1. The van der Waals surface area contributed by atoms with Crippen molar-refractivity contribution in [2.45, 2.75) is 76.7 Å². The van der Waals surface area contributed by atoms with Crippen molar-refractivity contribution in [3.8, 4) is 0 Å². The summed E-state index contributed by atoms with van der Waals surface area (Å²) in [5.74, 6) is 1.88. The lowest BCUT2D eigenvalue weighted by atomic mass is 9.78. The summed E-state index contributed by atoms with van der Waals surface area (Å²) in [6.45, 7) is 2.34. The number of ketones is 1. The fourth-order valence-electron chi connectivity index (χ4n) is 4.66. The predicted octanol–water partition coefficient (Wildman–Crippen LogP) is 3.79. The van der Waals surface area contributed by atoms with Crippen LogP contribution >= 0.6 is 0 Å². The maximum atomic E-state index is 12.2. The minimum atomic E-state index is 0.364. The zero-order valence-electron chi connectivity index (χ0n) is 12.3. The quantitative estimate of drug-likeness (QED) is 0.706. The first kappa shape index (κ1) is 13.6. The first-order chi connectivity index (χ1) is 9.34. The van der Waals surface area contributed by atoms with E-state index in [-0.39, 0.29) is 0 Å². The molecule has 0 amide bonds. The molecule has 2 nitrogen and oxygen atoms in total. The molecule has 3 unspecified atom stereocenters. The standard InChI is InChI=1S/C17H29NO/c19-17-11-3-1-2-8-15(17)13-18-12-6-9-14-7-4-5-10-16(14)18/h14-16H,1-13H2. The molecular formula is C17H29NO. The Hall–Kier alpha value is -0.370. The lowest BCUT2D eigenvalue weighted by Crippen LogP contribution is -2.49. The molecule has 0 spiro atoms. The van der Waals surface area contributed by atoms with Crippen LogP contribution in [0.5, 0.6) is 0 Å². The van der Waals surface area contributed by atoms with Gasteiger partial charge in [-0.2, -0.15) is 0 Å². The van der Waals surface area contributed by atoms with Gasteiger partial charge in [-0.05, 0) is 51.0 Å². The molecule has 3 atom stereocenters. The van der Waals surface area contributed by atoms with E-state index in [1.165, 1.54) is 57.9 Å². The molecule has 0 bridgehead atoms. The molecule has 3 aliphatic rings. The highest BCUT2D eigenvalue weighted by molar-refractivity contribution is 5.81. The molecule has 0 aromatic rings. The topological polar surface area (TPSA) is 20.3 Å². The van der Waals surface area contributed by atoms with Gasteiger partial charge in [-0.3, -0.25) is 9.69 Å². The van der Waals surface area contributed by atoms with Crippen molar-refractivity contribution in [3.63, 3.8) is 0 Å². The van der Waals surface area contributed by atoms with E-state index in [2.05, 4.69) is 4.90 Å². The zero-order chi connectivity index (χ0) is 13.1. The number of hydrogen-bond acceptors (Lipinski definition) is 2. The van der Waals surface area contributed by atoms with Crippen molar-refractivity contribution in [1.29, 1.82) is 0 Å². The average molecular weight is 263 g/mol. The number of carbonyl (C=O) groups excluding carboxylic acids is 1. The summed E-state index contributed by atoms with van der Waals surface area (Å²) in [6.07, 6.45) is 14.2. The van der Waals surface area contributed by atoms with E-state index in [1.54, 1.807) is 0 Å². The fraction of sp³-hybridized carbons (Fsp3) is 0.941. The first-order valence-electron chi connectivity index (χ1n) is 8.61. The molecular weight excluding hydrogens is 234 g/mol. The van der Waals surface area contributed by atoms with Gasteiger partial charge in [-0.1, -0.05) is 25.7 Å². The molecule has 0 N–H and O–H groups in total. The molecule has 0 radical (unpaired) electrons. The van der Waals surface area contributed by atoms with Crippen LogP contribution in [0.3, 0.4) is 0 Å². The molecule has 3 rings (SSSR count). The van der Waals surface area contributed by atoms with Crippen molar-refractivity contribution in [3.05, 3.63) is 0 Å². The van der Waals surface area contributed by atoms with Gasteiger partial charge in [0.25, 0.3) is 0 Å². The van der Waals surface area contributed by atoms with Crippen LogP contribution in [-0.2, 0) is 4.79 Å². The smallest absolute Gasteiger partial charge is 0.137 e. The SMILES string of the molecule is O=C1CCCCCC1CN1CCCC2CCCCC21.